The molecule has 0 aliphatic heterocycles. The van der Waals surface area contributed by atoms with Gasteiger partial charge in [-0.1, -0.05) is 66.5 Å². The molecule has 5 nitrogen and oxygen atoms in total. The fraction of sp³-hybridized carbons (Fsp3) is 0.250. The highest BCUT2D eigenvalue weighted by Gasteiger charge is 2.14. The first kappa shape index (κ1) is 20.7. The lowest BCUT2D eigenvalue weighted by atomic mass is 10.2. The van der Waals surface area contributed by atoms with Crippen LogP contribution in [0, 0.1) is 0 Å². The summed E-state index contributed by atoms with van der Waals surface area (Å²) in [6, 6.07) is 12.3. The normalized spacial score (nSPS) is 11.0. The zero-order valence-corrected chi connectivity index (χ0v) is 17.6. The summed E-state index contributed by atoms with van der Waals surface area (Å²) in [6.45, 7) is 2.63. The van der Waals surface area contributed by atoms with Gasteiger partial charge in [0.15, 0.2) is 5.16 Å². The van der Waals surface area contributed by atoms with Gasteiger partial charge >= 0.3 is 0 Å². The van der Waals surface area contributed by atoms with Crippen LogP contribution < -0.4 is 10.9 Å². The number of hydrogen-bond acceptors (Lipinski definition) is 4. The van der Waals surface area contributed by atoms with Gasteiger partial charge in [-0.3, -0.25) is 14.2 Å². The van der Waals surface area contributed by atoms with Crippen molar-refractivity contribution >= 4 is 57.5 Å². The number of halogens is 2. The van der Waals surface area contributed by atoms with E-state index in [4.69, 9.17) is 23.2 Å². The highest BCUT2D eigenvalue weighted by molar-refractivity contribution is 7.99. The molecule has 1 heterocycles. The Morgan fingerprint density at radius 3 is 2.57 bits per heavy atom. The minimum Gasteiger partial charge on any atom is -0.323 e. The number of fused-ring (bicyclic) bond motifs is 1. The predicted molar refractivity (Wildman–Crippen MR) is 117 cm³/mol. The summed E-state index contributed by atoms with van der Waals surface area (Å²) >= 11 is 13.4. The van der Waals surface area contributed by atoms with Crippen LogP contribution in [-0.2, 0) is 11.3 Å². The van der Waals surface area contributed by atoms with Gasteiger partial charge in [-0.05, 0) is 30.7 Å². The zero-order chi connectivity index (χ0) is 20.1. The number of aromatic nitrogens is 2. The fourth-order valence-electron chi connectivity index (χ4n) is 2.69. The van der Waals surface area contributed by atoms with E-state index >= 15 is 0 Å². The van der Waals surface area contributed by atoms with Crippen LogP contribution in [0.25, 0.3) is 10.9 Å². The highest BCUT2D eigenvalue weighted by atomic mass is 35.5. The van der Waals surface area contributed by atoms with E-state index in [-0.39, 0.29) is 17.2 Å². The Bertz CT molecular complexity index is 1050. The number of para-hydroxylation sites is 2. The van der Waals surface area contributed by atoms with Crippen molar-refractivity contribution in [3.8, 4) is 0 Å². The van der Waals surface area contributed by atoms with Gasteiger partial charge in [-0.25, -0.2) is 4.98 Å². The van der Waals surface area contributed by atoms with Gasteiger partial charge in [0.05, 0.1) is 32.4 Å². The number of hydrogen-bond donors (Lipinski definition) is 1. The van der Waals surface area contributed by atoms with Crippen molar-refractivity contribution in [2.75, 3.05) is 11.1 Å². The van der Waals surface area contributed by atoms with Crippen molar-refractivity contribution < 1.29 is 4.79 Å². The van der Waals surface area contributed by atoms with Crippen molar-refractivity contribution in [3.05, 3.63) is 62.9 Å². The number of benzene rings is 2. The van der Waals surface area contributed by atoms with Gasteiger partial charge in [0.25, 0.3) is 5.56 Å². The second-order valence-corrected chi connectivity index (χ2v) is 7.91. The molecule has 0 atom stereocenters. The Hall–Kier alpha value is -2.02. The molecule has 8 heteroatoms. The number of unbranched alkanes of at least 4 members (excludes halogenated alkanes) is 1. The molecule has 0 unspecified atom stereocenters. The standard InChI is InChI=1S/C20H19Cl2N3O2S/c1-2-3-11-25-19(27)13-7-4-5-10-16(13)23-20(25)28-12-17(26)24-18-14(21)8-6-9-15(18)22/h4-10H,2-3,11-12H2,1H3,(H,24,26). The van der Waals surface area contributed by atoms with Gasteiger partial charge in [-0.2, -0.15) is 0 Å². The molecule has 1 N–H and O–H groups in total. The summed E-state index contributed by atoms with van der Waals surface area (Å²) in [6.07, 6.45) is 1.81. The lowest BCUT2D eigenvalue weighted by molar-refractivity contribution is -0.113. The summed E-state index contributed by atoms with van der Waals surface area (Å²) in [4.78, 5) is 29.9. The van der Waals surface area contributed by atoms with E-state index < -0.39 is 0 Å². The first-order valence-electron chi connectivity index (χ1n) is 8.87. The quantitative estimate of drug-likeness (QED) is 0.407. The first-order chi connectivity index (χ1) is 13.5. The molecule has 146 valence electrons. The maximum absolute atomic E-state index is 12.9. The molecule has 0 aliphatic carbocycles. The lowest BCUT2D eigenvalue weighted by Crippen LogP contribution is -2.24. The number of amides is 1. The molecule has 0 saturated carbocycles. The average Bonchev–Trinajstić information content (AvgIpc) is 2.69. The number of carbonyl (C=O) groups excluding carboxylic acids is 1. The van der Waals surface area contributed by atoms with Crippen molar-refractivity contribution in [3.63, 3.8) is 0 Å². The topological polar surface area (TPSA) is 64.0 Å². The maximum atomic E-state index is 12.9. The van der Waals surface area contributed by atoms with E-state index in [1.54, 1.807) is 34.9 Å². The molecule has 2 aromatic carbocycles. The minimum atomic E-state index is -0.274. The number of nitrogens with one attached hydrogen (secondary N) is 1. The van der Waals surface area contributed by atoms with Gasteiger partial charge in [0, 0.05) is 6.54 Å². The van der Waals surface area contributed by atoms with Gasteiger partial charge in [0.1, 0.15) is 0 Å². The molecule has 0 fully saturated rings. The summed E-state index contributed by atoms with van der Waals surface area (Å²) in [5.41, 5.74) is 0.916. The number of nitrogens with zero attached hydrogens (tertiary/aromatic N) is 2. The van der Waals surface area contributed by atoms with E-state index in [1.807, 2.05) is 12.1 Å². The van der Waals surface area contributed by atoms with Crippen LogP contribution in [0.15, 0.2) is 52.4 Å². The molecular formula is C20H19Cl2N3O2S. The van der Waals surface area contributed by atoms with Crippen LogP contribution in [0.1, 0.15) is 19.8 Å². The Labute approximate surface area is 177 Å². The predicted octanol–water partition coefficient (Wildman–Crippen LogP) is 5.23. The van der Waals surface area contributed by atoms with Crippen molar-refractivity contribution in [1.82, 2.24) is 9.55 Å². The molecular weight excluding hydrogens is 417 g/mol. The third kappa shape index (κ3) is 4.69. The van der Waals surface area contributed by atoms with Crippen LogP contribution in [0.4, 0.5) is 5.69 Å². The van der Waals surface area contributed by atoms with Crippen LogP contribution in [-0.4, -0.2) is 21.2 Å². The maximum Gasteiger partial charge on any atom is 0.262 e. The number of anilines is 1. The van der Waals surface area contributed by atoms with Gasteiger partial charge in [0.2, 0.25) is 5.91 Å². The van der Waals surface area contributed by atoms with E-state index in [1.165, 1.54) is 11.8 Å². The monoisotopic (exact) mass is 435 g/mol. The molecule has 1 aromatic heterocycles. The summed E-state index contributed by atoms with van der Waals surface area (Å²) in [5.74, 6) is -0.192. The van der Waals surface area contributed by atoms with Crippen LogP contribution in [0.5, 0.6) is 0 Å². The highest BCUT2D eigenvalue weighted by Crippen LogP contribution is 2.30. The summed E-state index contributed by atoms with van der Waals surface area (Å²) in [5, 5.41) is 4.57. The Morgan fingerprint density at radius 1 is 1.14 bits per heavy atom. The smallest absolute Gasteiger partial charge is 0.262 e. The summed E-state index contributed by atoms with van der Waals surface area (Å²) in [7, 11) is 0. The minimum absolute atomic E-state index is 0.0818. The van der Waals surface area contributed by atoms with E-state index in [9.17, 15) is 9.59 Å². The fourth-order valence-corrected chi connectivity index (χ4v) is 4.01. The lowest BCUT2D eigenvalue weighted by Gasteiger charge is -2.13. The molecule has 0 bridgehead atoms. The average molecular weight is 436 g/mol. The van der Waals surface area contributed by atoms with Gasteiger partial charge < -0.3 is 5.32 Å². The van der Waals surface area contributed by atoms with Crippen molar-refractivity contribution in [2.24, 2.45) is 0 Å². The van der Waals surface area contributed by atoms with Crippen LogP contribution in [0.2, 0.25) is 10.0 Å². The largest absolute Gasteiger partial charge is 0.323 e. The molecule has 0 spiro atoms. The SMILES string of the molecule is CCCCn1c(SCC(=O)Nc2c(Cl)cccc2Cl)nc2ccccc2c1=O. The first-order valence-corrected chi connectivity index (χ1v) is 10.6. The van der Waals surface area contributed by atoms with E-state index in [2.05, 4.69) is 17.2 Å². The molecule has 1 amide bonds. The van der Waals surface area contributed by atoms with E-state index in [0.717, 1.165) is 12.8 Å². The number of carbonyl (C=O) groups is 1. The van der Waals surface area contributed by atoms with Crippen molar-refractivity contribution in [2.45, 2.75) is 31.5 Å². The third-order valence-electron chi connectivity index (χ3n) is 4.12. The van der Waals surface area contributed by atoms with Gasteiger partial charge in [-0.15, -0.1) is 0 Å². The molecule has 3 aromatic rings. The van der Waals surface area contributed by atoms with Crippen LogP contribution in [0.3, 0.4) is 0 Å². The van der Waals surface area contributed by atoms with E-state index in [0.29, 0.717) is 38.3 Å². The van der Waals surface area contributed by atoms with Crippen LogP contribution >= 0.6 is 35.0 Å². The molecule has 3 rings (SSSR count). The van der Waals surface area contributed by atoms with Crippen molar-refractivity contribution in [1.29, 1.82) is 0 Å². The zero-order valence-electron chi connectivity index (χ0n) is 15.2. The number of rotatable bonds is 7. The summed E-state index contributed by atoms with van der Waals surface area (Å²) < 4.78 is 1.65. The Morgan fingerprint density at radius 2 is 1.86 bits per heavy atom. The Kier molecular flexibility index (Phi) is 6.99. The Balaban J connectivity index is 1.83. The molecule has 0 radical (unpaired) electrons. The molecule has 28 heavy (non-hydrogen) atoms. The second-order valence-electron chi connectivity index (χ2n) is 6.16. The number of thioether (sulfide) groups is 1. The second kappa shape index (κ2) is 9.45. The third-order valence-corrected chi connectivity index (χ3v) is 5.73. The molecule has 0 aliphatic rings. The molecule has 0 saturated heterocycles.